The number of rotatable bonds is 8. The summed E-state index contributed by atoms with van der Waals surface area (Å²) in [5.74, 6) is 0.348. The van der Waals surface area contributed by atoms with E-state index in [-0.39, 0.29) is 17.4 Å². The largest absolute Gasteiger partial charge is 0.438 e. The molecule has 0 atom stereocenters. The molecule has 8 nitrogen and oxygen atoms in total. The quantitative estimate of drug-likeness (QED) is 0.460. The average molecular weight is 511 g/mol. The highest BCUT2D eigenvalue weighted by Crippen LogP contribution is 2.23. The standard InChI is InChI=1S/C15H22N2O2.C12H9ClN2O2/c1-16-8-10-17(11-9-16)15(18)7-12-19-13-14-5-3-2-4-6-14;13-8-3-5-9(6-4-8)17-12-10(11(14)16)2-1-7-15-12/h2-6H,7-13H2,1H3;1-7H,(H2,14,16). The summed E-state index contributed by atoms with van der Waals surface area (Å²) in [4.78, 5) is 31.2. The molecule has 0 aliphatic carbocycles. The van der Waals surface area contributed by atoms with E-state index >= 15 is 0 Å². The number of hydrogen-bond donors (Lipinski definition) is 1. The lowest BCUT2D eigenvalue weighted by Crippen LogP contribution is -2.47. The van der Waals surface area contributed by atoms with Crippen LogP contribution in [0.15, 0.2) is 72.9 Å². The van der Waals surface area contributed by atoms with Crippen LogP contribution in [0.3, 0.4) is 0 Å². The molecule has 0 unspecified atom stereocenters. The second-order valence-electron chi connectivity index (χ2n) is 8.25. The highest BCUT2D eigenvalue weighted by atomic mass is 35.5. The van der Waals surface area contributed by atoms with Crippen molar-refractivity contribution in [3.8, 4) is 11.6 Å². The molecular weight excluding hydrogens is 480 g/mol. The van der Waals surface area contributed by atoms with E-state index in [4.69, 9.17) is 26.8 Å². The second-order valence-corrected chi connectivity index (χ2v) is 8.69. The van der Waals surface area contributed by atoms with Gasteiger partial charge < -0.3 is 25.0 Å². The summed E-state index contributed by atoms with van der Waals surface area (Å²) in [7, 11) is 2.09. The van der Waals surface area contributed by atoms with Gasteiger partial charge >= 0.3 is 0 Å². The fourth-order valence-corrected chi connectivity index (χ4v) is 3.54. The maximum Gasteiger partial charge on any atom is 0.254 e. The fourth-order valence-electron chi connectivity index (χ4n) is 3.41. The number of carbonyl (C=O) groups is 2. The Labute approximate surface area is 216 Å². The number of carbonyl (C=O) groups excluding carboxylic acids is 2. The zero-order valence-corrected chi connectivity index (χ0v) is 21.1. The molecule has 1 aliphatic heterocycles. The molecular formula is C27H31ClN4O4. The SMILES string of the molecule is CN1CCN(C(=O)CCOCc2ccccc2)CC1.NC(=O)c1cccnc1Oc1ccc(Cl)cc1. The number of halogens is 1. The van der Waals surface area contributed by atoms with Crippen molar-refractivity contribution in [1.29, 1.82) is 0 Å². The topological polar surface area (TPSA) is 98.0 Å². The summed E-state index contributed by atoms with van der Waals surface area (Å²) in [6.45, 7) is 4.70. The van der Waals surface area contributed by atoms with Crippen molar-refractivity contribution in [3.05, 3.63) is 89.1 Å². The zero-order valence-electron chi connectivity index (χ0n) is 20.3. The molecule has 3 aromatic rings. The van der Waals surface area contributed by atoms with Gasteiger partial charge in [0.15, 0.2) is 0 Å². The minimum atomic E-state index is -0.581. The third kappa shape index (κ3) is 8.96. The number of amides is 2. The number of primary amides is 1. The molecule has 4 rings (SSSR count). The zero-order chi connectivity index (χ0) is 25.8. The molecule has 1 saturated heterocycles. The van der Waals surface area contributed by atoms with Crippen LogP contribution < -0.4 is 10.5 Å². The first-order valence-corrected chi connectivity index (χ1v) is 12.1. The Morgan fingerprint density at radius 3 is 2.33 bits per heavy atom. The molecule has 0 radical (unpaired) electrons. The Bertz CT molecular complexity index is 1100. The molecule has 2 heterocycles. The lowest BCUT2D eigenvalue weighted by Gasteiger charge is -2.32. The van der Waals surface area contributed by atoms with Crippen LogP contribution in [0.5, 0.6) is 11.6 Å². The molecule has 9 heteroatoms. The predicted octanol–water partition coefficient (Wildman–Crippen LogP) is 3.99. The predicted molar refractivity (Wildman–Crippen MR) is 139 cm³/mol. The molecule has 190 valence electrons. The van der Waals surface area contributed by atoms with Gasteiger partial charge in [0.1, 0.15) is 11.3 Å². The number of pyridine rings is 1. The van der Waals surface area contributed by atoms with Crippen LogP contribution in [0, 0.1) is 0 Å². The molecule has 36 heavy (non-hydrogen) atoms. The second kappa shape index (κ2) is 14.2. The molecule has 0 bridgehead atoms. The van der Waals surface area contributed by atoms with Gasteiger partial charge in [0.25, 0.3) is 5.91 Å². The first-order chi connectivity index (χ1) is 17.4. The van der Waals surface area contributed by atoms with E-state index < -0.39 is 5.91 Å². The number of hydrogen-bond acceptors (Lipinski definition) is 6. The van der Waals surface area contributed by atoms with Gasteiger partial charge in [-0.2, -0.15) is 0 Å². The number of piperazine rings is 1. The minimum absolute atomic E-state index is 0.183. The lowest BCUT2D eigenvalue weighted by atomic mass is 10.2. The highest BCUT2D eigenvalue weighted by Gasteiger charge is 2.18. The van der Waals surface area contributed by atoms with Crippen molar-refractivity contribution in [2.24, 2.45) is 5.73 Å². The number of nitrogens with two attached hydrogens (primary N) is 1. The minimum Gasteiger partial charge on any atom is -0.438 e. The summed E-state index contributed by atoms with van der Waals surface area (Å²) < 4.78 is 11.0. The summed E-state index contributed by atoms with van der Waals surface area (Å²) in [6, 6.07) is 19.9. The number of aromatic nitrogens is 1. The number of ether oxygens (including phenoxy) is 2. The van der Waals surface area contributed by atoms with Crippen LogP contribution in [0.1, 0.15) is 22.3 Å². The summed E-state index contributed by atoms with van der Waals surface area (Å²) in [5, 5.41) is 0.605. The number of benzene rings is 2. The van der Waals surface area contributed by atoms with Gasteiger partial charge in [0, 0.05) is 37.4 Å². The maximum atomic E-state index is 11.9. The van der Waals surface area contributed by atoms with E-state index in [2.05, 4.69) is 16.9 Å². The molecule has 1 aliphatic rings. The average Bonchev–Trinajstić information content (AvgIpc) is 2.89. The Balaban J connectivity index is 0.000000202. The van der Waals surface area contributed by atoms with Gasteiger partial charge in [-0.05, 0) is 49.0 Å². The Hall–Kier alpha value is -3.46. The molecule has 1 fully saturated rings. The van der Waals surface area contributed by atoms with E-state index in [1.165, 1.54) is 6.20 Å². The van der Waals surface area contributed by atoms with Crippen molar-refractivity contribution in [3.63, 3.8) is 0 Å². The summed E-state index contributed by atoms with van der Waals surface area (Å²) >= 11 is 5.75. The fraction of sp³-hybridized carbons (Fsp3) is 0.296. The Morgan fingerprint density at radius 2 is 1.67 bits per heavy atom. The van der Waals surface area contributed by atoms with Crippen LogP contribution >= 0.6 is 11.6 Å². The van der Waals surface area contributed by atoms with Gasteiger partial charge in [-0.1, -0.05) is 41.9 Å². The van der Waals surface area contributed by atoms with Gasteiger partial charge in [-0.3, -0.25) is 9.59 Å². The molecule has 2 aromatic carbocycles. The van der Waals surface area contributed by atoms with Crippen molar-refractivity contribution < 1.29 is 19.1 Å². The third-order valence-electron chi connectivity index (χ3n) is 5.49. The van der Waals surface area contributed by atoms with Crippen molar-refractivity contribution in [1.82, 2.24) is 14.8 Å². The summed E-state index contributed by atoms with van der Waals surface area (Å²) in [5.41, 5.74) is 6.60. The molecule has 0 saturated carbocycles. The van der Waals surface area contributed by atoms with E-state index in [0.29, 0.717) is 30.4 Å². The van der Waals surface area contributed by atoms with Crippen molar-refractivity contribution >= 4 is 23.4 Å². The van der Waals surface area contributed by atoms with E-state index in [1.54, 1.807) is 36.4 Å². The monoisotopic (exact) mass is 510 g/mol. The van der Waals surface area contributed by atoms with Gasteiger partial charge in [-0.25, -0.2) is 4.98 Å². The van der Waals surface area contributed by atoms with Gasteiger partial charge in [-0.15, -0.1) is 0 Å². The molecule has 2 N–H and O–H groups in total. The van der Waals surface area contributed by atoms with E-state index in [0.717, 1.165) is 31.7 Å². The molecule has 2 amide bonds. The first kappa shape index (κ1) is 27.1. The van der Waals surface area contributed by atoms with Crippen LogP contribution in [-0.2, 0) is 16.1 Å². The Morgan fingerprint density at radius 1 is 0.972 bits per heavy atom. The maximum absolute atomic E-state index is 11.9. The number of likely N-dealkylation sites (N-methyl/N-ethyl adjacent to an activating group) is 1. The Kier molecular flexibility index (Phi) is 10.7. The normalized spacial score (nSPS) is 13.4. The first-order valence-electron chi connectivity index (χ1n) is 11.7. The molecule has 0 spiro atoms. The van der Waals surface area contributed by atoms with E-state index in [9.17, 15) is 9.59 Å². The number of nitrogens with zero attached hydrogens (tertiary/aromatic N) is 3. The van der Waals surface area contributed by atoms with Gasteiger partial charge in [0.2, 0.25) is 11.8 Å². The smallest absolute Gasteiger partial charge is 0.254 e. The highest BCUT2D eigenvalue weighted by molar-refractivity contribution is 6.30. The van der Waals surface area contributed by atoms with Crippen molar-refractivity contribution in [2.45, 2.75) is 13.0 Å². The van der Waals surface area contributed by atoms with Gasteiger partial charge in [0.05, 0.1) is 19.6 Å². The van der Waals surface area contributed by atoms with Crippen LogP contribution in [0.2, 0.25) is 5.02 Å². The summed E-state index contributed by atoms with van der Waals surface area (Å²) in [6.07, 6.45) is 2.01. The van der Waals surface area contributed by atoms with E-state index in [1.807, 2.05) is 35.2 Å². The van der Waals surface area contributed by atoms with Crippen molar-refractivity contribution in [2.75, 3.05) is 39.8 Å². The van der Waals surface area contributed by atoms with Crippen LogP contribution in [0.25, 0.3) is 0 Å². The van der Waals surface area contributed by atoms with Crippen LogP contribution in [0.4, 0.5) is 0 Å². The lowest BCUT2D eigenvalue weighted by molar-refractivity contribution is -0.134. The van der Waals surface area contributed by atoms with Crippen LogP contribution in [-0.4, -0.2) is 66.4 Å². The third-order valence-corrected chi connectivity index (χ3v) is 5.74. The molecule has 1 aromatic heterocycles.